The number of nitrogens with one attached hydrogen (secondary N) is 1. The van der Waals surface area contributed by atoms with Crippen LogP contribution in [0, 0.1) is 11.7 Å². The Bertz CT molecular complexity index is 1070. The Morgan fingerprint density at radius 3 is 2.72 bits per heavy atom. The quantitative estimate of drug-likeness (QED) is 0.711. The van der Waals surface area contributed by atoms with Crippen LogP contribution in [-0.2, 0) is 4.79 Å². The molecule has 154 valence electrons. The largest absolute Gasteiger partial charge is 0.477 e. The molecule has 1 saturated carbocycles. The lowest BCUT2D eigenvalue weighted by molar-refractivity contribution is -0.119. The monoisotopic (exact) mass is 422 g/mol. The SMILES string of the molecule is CC(=O)NC[C@H]1CN(c2nc3c(cc2F)c(=O)c(C(=O)O)cn3C2CC2)C[C@H]1Cl. The Labute approximate surface area is 170 Å². The van der Waals surface area contributed by atoms with Gasteiger partial charge in [0.15, 0.2) is 11.6 Å². The average molecular weight is 423 g/mol. The van der Waals surface area contributed by atoms with Gasteiger partial charge in [-0.05, 0) is 18.9 Å². The molecule has 1 aliphatic carbocycles. The van der Waals surface area contributed by atoms with Crippen LogP contribution in [0.2, 0.25) is 0 Å². The van der Waals surface area contributed by atoms with Gasteiger partial charge in [0, 0.05) is 44.7 Å². The van der Waals surface area contributed by atoms with E-state index in [4.69, 9.17) is 11.6 Å². The summed E-state index contributed by atoms with van der Waals surface area (Å²) in [6.07, 6.45) is 2.99. The number of alkyl halides is 1. The molecule has 2 fully saturated rings. The number of hydrogen-bond acceptors (Lipinski definition) is 5. The van der Waals surface area contributed by atoms with E-state index in [0.29, 0.717) is 19.6 Å². The second-order valence-corrected chi connectivity index (χ2v) is 8.16. The molecule has 10 heteroatoms. The minimum absolute atomic E-state index is 0.0468. The van der Waals surface area contributed by atoms with Gasteiger partial charge in [-0.2, -0.15) is 0 Å². The molecule has 1 aliphatic heterocycles. The second kappa shape index (κ2) is 7.29. The number of nitrogens with zero attached hydrogens (tertiary/aromatic N) is 3. The number of aromatic nitrogens is 2. The summed E-state index contributed by atoms with van der Waals surface area (Å²) in [5.74, 6) is -2.21. The Kier molecular flexibility index (Phi) is 4.94. The number of amides is 1. The molecule has 8 nitrogen and oxygen atoms in total. The highest BCUT2D eigenvalue weighted by atomic mass is 35.5. The molecule has 0 unspecified atom stereocenters. The number of hydrogen-bond donors (Lipinski definition) is 2. The van der Waals surface area contributed by atoms with Crippen LogP contribution < -0.4 is 15.6 Å². The molecule has 0 bridgehead atoms. The predicted octanol–water partition coefficient (Wildman–Crippen LogP) is 1.75. The molecule has 2 N–H and O–H groups in total. The molecule has 2 atom stereocenters. The summed E-state index contributed by atoms with van der Waals surface area (Å²) >= 11 is 6.39. The Balaban J connectivity index is 1.75. The second-order valence-electron chi connectivity index (χ2n) is 7.60. The summed E-state index contributed by atoms with van der Waals surface area (Å²) in [6, 6.07) is 1.12. The first-order valence-electron chi connectivity index (χ1n) is 9.38. The molecule has 0 spiro atoms. The van der Waals surface area contributed by atoms with Crippen LogP contribution in [0.1, 0.15) is 36.2 Å². The fraction of sp³-hybridized carbons (Fsp3) is 0.474. The molecule has 2 aliphatic rings. The first kappa shape index (κ1) is 19.6. The highest BCUT2D eigenvalue weighted by Crippen LogP contribution is 2.37. The number of halogens is 2. The van der Waals surface area contributed by atoms with E-state index in [2.05, 4.69) is 10.3 Å². The molecular weight excluding hydrogens is 403 g/mol. The van der Waals surface area contributed by atoms with E-state index in [-0.39, 0.29) is 40.1 Å². The number of anilines is 1. The van der Waals surface area contributed by atoms with Crippen LogP contribution in [0.4, 0.5) is 10.2 Å². The van der Waals surface area contributed by atoms with Crippen LogP contribution in [0.25, 0.3) is 11.0 Å². The summed E-state index contributed by atoms with van der Waals surface area (Å²) in [7, 11) is 0. The van der Waals surface area contributed by atoms with Crippen LogP contribution in [-0.4, -0.2) is 51.5 Å². The number of carbonyl (C=O) groups is 2. The lowest BCUT2D eigenvalue weighted by Crippen LogP contribution is -2.31. The van der Waals surface area contributed by atoms with Crippen LogP contribution in [0.5, 0.6) is 0 Å². The third-order valence-electron chi connectivity index (χ3n) is 5.38. The maximum Gasteiger partial charge on any atom is 0.341 e. The number of carboxylic acids is 1. The van der Waals surface area contributed by atoms with Crippen molar-refractivity contribution in [1.29, 1.82) is 0 Å². The van der Waals surface area contributed by atoms with Gasteiger partial charge in [0.2, 0.25) is 11.3 Å². The Hall–Kier alpha value is -2.68. The summed E-state index contributed by atoms with van der Waals surface area (Å²) in [5.41, 5.74) is -0.867. The highest BCUT2D eigenvalue weighted by molar-refractivity contribution is 6.21. The number of pyridine rings is 2. The minimum Gasteiger partial charge on any atom is -0.477 e. The van der Waals surface area contributed by atoms with Crippen molar-refractivity contribution < 1.29 is 19.1 Å². The van der Waals surface area contributed by atoms with Crippen molar-refractivity contribution in [2.45, 2.75) is 31.2 Å². The zero-order valence-corrected chi connectivity index (χ0v) is 16.4. The highest BCUT2D eigenvalue weighted by Gasteiger charge is 2.34. The smallest absolute Gasteiger partial charge is 0.341 e. The number of rotatable bonds is 5. The van der Waals surface area contributed by atoms with Gasteiger partial charge in [0.25, 0.3) is 0 Å². The van der Waals surface area contributed by atoms with Gasteiger partial charge in [0.1, 0.15) is 11.2 Å². The fourth-order valence-electron chi connectivity index (χ4n) is 3.71. The molecule has 29 heavy (non-hydrogen) atoms. The van der Waals surface area contributed by atoms with E-state index in [1.54, 1.807) is 9.47 Å². The number of aromatic carboxylic acids is 1. The van der Waals surface area contributed by atoms with Crippen molar-refractivity contribution >= 4 is 40.3 Å². The number of fused-ring (bicyclic) bond motifs is 1. The van der Waals surface area contributed by atoms with E-state index < -0.39 is 22.8 Å². The van der Waals surface area contributed by atoms with Gasteiger partial charge in [0.05, 0.1) is 10.8 Å². The molecule has 0 aromatic carbocycles. The van der Waals surface area contributed by atoms with Crippen LogP contribution in [0.15, 0.2) is 17.1 Å². The van der Waals surface area contributed by atoms with E-state index >= 15 is 0 Å². The van der Waals surface area contributed by atoms with Crippen LogP contribution >= 0.6 is 11.6 Å². The summed E-state index contributed by atoms with van der Waals surface area (Å²) in [5, 5.41) is 11.7. The number of carboxylic acid groups (broad SMARTS) is 1. The van der Waals surface area contributed by atoms with Crippen LogP contribution in [0.3, 0.4) is 0 Å². The molecule has 2 aromatic rings. The van der Waals surface area contributed by atoms with Crippen molar-refractivity contribution in [3.8, 4) is 0 Å². The van der Waals surface area contributed by atoms with E-state index in [1.165, 1.54) is 13.1 Å². The lowest BCUT2D eigenvalue weighted by atomic mass is 10.1. The van der Waals surface area contributed by atoms with E-state index in [1.807, 2.05) is 0 Å². The van der Waals surface area contributed by atoms with Gasteiger partial charge in [-0.15, -0.1) is 11.6 Å². The average Bonchev–Trinajstić information content (AvgIpc) is 3.43. The van der Waals surface area contributed by atoms with Gasteiger partial charge in [-0.3, -0.25) is 9.59 Å². The van der Waals surface area contributed by atoms with Gasteiger partial charge >= 0.3 is 5.97 Å². The van der Waals surface area contributed by atoms with Crippen molar-refractivity contribution in [3.63, 3.8) is 0 Å². The van der Waals surface area contributed by atoms with Crippen molar-refractivity contribution in [2.24, 2.45) is 5.92 Å². The molecule has 3 heterocycles. The molecular formula is C19H20ClFN4O4. The van der Waals surface area contributed by atoms with E-state index in [9.17, 15) is 23.9 Å². The van der Waals surface area contributed by atoms with Crippen molar-refractivity contribution in [2.75, 3.05) is 24.5 Å². The number of carbonyl (C=O) groups excluding carboxylic acids is 1. The molecule has 0 radical (unpaired) electrons. The van der Waals surface area contributed by atoms with Gasteiger partial charge in [-0.25, -0.2) is 14.2 Å². The Morgan fingerprint density at radius 1 is 1.38 bits per heavy atom. The third-order valence-corrected chi connectivity index (χ3v) is 5.88. The zero-order valence-electron chi connectivity index (χ0n) is 15.7. The summed E-state index contributed by atoms with van der Waals surface area (Å²) in [6.45, 7) is 2.56. The predicted molar refractivity (Wildman–Crippen MR) is 105 cm³/mol. The van der Waals surface area contributed by atoms with E-state index in [0.717, 1.165) is 18.9 Å². The molecule has 1 amide bonds. The van der Waals surface area contributed by atoms with Crippen molar-refractivity contribution in [3.05, 3.63) is 33.9 Å². The third kappa shape index (κ3) is 3.66. The zero-order chi connectivity index (χ0) is 20.9. The maximum absolute atomic E-state index is 14.9. The first-order chi connectivity index (χ1) is 13.8. The summed E-state index contributed by atoms with van der Waals surface area (Å²) < 4.78 is 16.5. The molecule has 4 rings (SSSR count). The Morgan fingerprint density at radius 2 is 2.10 bits per heavy atom. The van der Waals surface area contributed by atoms with Crippen molar-refractivity contribution in [1.82, 2.24) is 14.9 Å². The fourth-order valence-corrected chi connectivity index (χ4v) is 4.05. The topological polar surface area (TPSA) is 105 Å². The maximum atomic E-state index is 14.9. The first-order valence-corrected chi connectivity index (χ1v) is 9.82. The van der Waals surface area contributed by atoms with Gasteiger partial charge in [-0.1, -0.05) is 0 Å². The molecule has 2 aromatic heterocycles. The normalized spacial score (nSPS) is 21.6. The molecule has 1 saturated heterocycles. The standard InChI is InChI=1S/C19H20ClFN4O4/c1-9(26)22-5-10-6-24(8-14(10)20)18-15(21)4-12-16(27)13(19(28)29)7-25(11-2-3-11)17(12)23-18/h4,7,10-11,14H,2-3,5-6,8H2,1H3,(H,22,26)(H,28,29)/t10-,14+/m0/s1. The summed E-state index contributed by atoms with van der Waals surface area (Å²) in [4.78, 5) is 41.2. The minimum atomic E-state index is -1.35. The lowest BCUT2D eigenvalue weighted by Gasteiger charge is -2.20. The van der Waals surface area contributed by atoms with Gasteiger partial charge < -0.3 is 19.9 Å².